The van der Waals surface area contributed by atoms with Gasteiger partial charge in [-0.05, 0) is 12.3 Å². The molecule has 1 aromatic rings. The van der Waals surface area contributed by atoms with Crippen LogP contribution in [0.25, 0.3) is 0 Å². The molecule has 0 radical (unpaired) electrons. The van der Waals surface area contributed by atoms with E-state index in [1.807, 2.05) is 30.0 Å². The van der Waals surface area contributed by atoms with Crippen molar-refractivity contribution in [2.75, 3.05) is 19.4 Å². The minimum absolute atomic E-state index is 0.554. The van der Waals surface area contributed by atoms with Crippen molar-refractivity contribution in [3.05, 3.63) is 42.5 Å². The van der Waals surface area contributed by atoms with Crippen molar-refractivity contribution in [3.63, 3.8) is 0 Å². The summed E-state index contributed by atoms with van der Waals surface area (Å²) >= 11 is 1.87. The summed E-state index contributed by atoms with van der Waals surface area (Å²) in [5.41, 5.74) is 1.20. The minimum Gasteiger partial charge on any atom is -0.489 e. The zero-order valence-corrected chi connectivity index (χ0v) is 11.4. The summed E-state index contributed by atoms with van der Waals surface area (Å²) in [6, 6.07) is 8.12. The molecule has 0 fully saturated rings. The Morgan fingerprint density at radius 3 is 2.94 bits per heavy atom. The van der Waals surface area contributed by atoms with Crippen molar-refractivity contribution in [3.8, 4) is 5.75 Å². The Labute approximate surface area is 108 Å². The second-order valence-corrected chi connectivity index (χ2v) is 5.16. The van der Waals surface area contributed by atoms with Crippen molar-refractivity contribution in [2.45, 2.75) is 18.7 Å². The highest BCUT2D eigenvalue weighted by Crippen LogP contribution is 2.17. The van der Waals surface area contributed by atoms with Crippen LogP contribution >= 0.6 is 11.8 Å². The normalized spacial score (nSPS) is 12.1. The molecule has 1 unspecified atom stereocenters. The molecule has 0 saturated heterocycles. The summed E-state index contributed by atoms with van der Waals surface area (Å²) in [6.07, 6.45) is 3.90. The van der Waals surface area contributed by atoms with E-state index in [9.17, 15) is 0 Å². The molecule has 0 aliphatic heterocycles. The summed E-state index contributed by atoms with van der Waals surface area (Å²) in [4.78, 5) is 0. The standard InChI is InChI=1S/C14H21NOS/c1-4-9-16-14-8-6-5-7-13(14)11-15-10-12(2)17-3/h4-8,12,15H,1,9-11H2,2-3H3. The molecule has 0 spiro atoms. The van der Waals surface area contributed by atoms with E-state index in [0.717, 1.165) is 18.8 Å². The monoisotopic (exact) mass is 251 g/mol. The van der Waals surface area contributed by atoms with Gasteiger partial charge in [-0.15, -0.1) is 0 Å². The predicted molar refractivity (Wildman–Crippen MR) is 76.8 cm³/mol. The maximum atomic E-state index is 5.61. The second kappa shape index (κ2) is 8.20. The van der Waals surface area contributed by atoms with Gasteiger partial charge in [-0.2, -0.15) is 11.8 Å². The van der Waals surface area contributed by atoms with Crippen molar-refractivity contribution in [1.82, 2.24) is 5.32 Å². The largest absolute Gasteiger partial charge is 0.489 e. The van der Waals surface area contributed by atoms with E-state index < -0.39 is 0 Å². The van der Waals surface area contributed by atoms with Gasteiger partial charge in [0.1, 0.15) is 12.4 Å². The number of nitrogens with one attached hydrogen (secondary N) is 1. The van der Waals surface area contributed by atoms with Crippen molar-refractivity contribution in [2.24, 2.45) is 0 Å². The van der Waals surface area contributed by atoms with Crippen LogP contribution in [-0.2, 0) is 6.54 Å². The van der Waals surface area contributed by atoms with Crippen LogP contribution in [0.5, 0.6) is 5.75 Å². The Kier molecular flexibility index (Phi) is 6.82. The minimum atomic E-state index is 0.554. The molecule has 1 rings (SSSR count). The van der Waals surface area contributed by atoms with Gasteiger partial charge in [-0.3, -0.25) is 0 Å². The molecule has 0 amide bonds. The molecule has 0 saturated carbocycles. The molecule has 1 atom stereocenters. The Hall–Kier alpha value is -0.930. The number of hydrogen-bond donors (Lipinski definition) is 1. The molecule has 1 aromatic carbocycles. The third kappa shape index (κ3) is 5.29. The summed E-state index contributed by atoms with van der Waals surface area (Å²) in [5.74, 6) is 0.941. The van der Waals surface area contributed by atoms with Gasteiger partial charge >= 0.3 is 0 Å². The lowest BCUT2D eigenvalue weighted by atomic mass is 10.2. The third-order valence-corrected chi connectivity index (χ3v) is 3.45. The molecule has 1 N–H and O–H groups in total. The first kappa shape index (κ1) is 14.1. The Morgan fingerprint density at radius 2 is 2.24 bits per heavy atom. The molecule has 94 valence electrons. The van der Waals surface area contributed by atoms with Gasteiger partial charge in [0.05, 0.1) is 0 Å². The van der Waals surface area contributed by atoms with Crippen LogP contribution < -0.4 is 10.1 Å². The number of para-hydroxylation sites is 1. The van der Waals surface area contributed by atoms with Crippen molar-refractivity contribution in [1.29, 1.82) is 0 Å². The van der Waals surface area contributed by atoms with Gasteiger partial charge in [0.15, 0.2) is 0 Å². The molecule has 0 heterocycles. The van der Waals surface area contributed by atoms with E-state index in [2.05, 4.69) is 31.1 Å². The zero-order chi connectivity index (χ0) is 12.5. The van der Waals surface area contributed by atoms with E-state index >= 15 is 0 Å². The van der Waals surface area contributed by atoms with Gasteiger partial charge in [-0.1, -0.05) is 37.8 Å². The first-order chi connectivity index (χ1) is 8.27. The van der Waals surface area contributed by atoms with Crippen LogP contribution in [0.4, 0.5) is 0 Å². The van der Waals surface area contributed by atoms with E-state index in [0.29, 0.717) is 11.9 Å². The fourth-order valence-corrected chi connectivity index (χ4v) is 1.72. The molecule has 0 aromatic heterocycles. The van der Waals surface area contributed by atoms with E-state index in [4.69, 9.17) is 4.74 Å². The van der Waals surface area contributed by atoms with Gasteiger partial charge in [-0.25, -0.2) is 0 Å². The Morgan fingerprint density at radius 1 is 1.47 bits per heavy atom. The molecule has 0 aliphatic carbocycles. The summed E-state index contributed by atoms with van der Waals surface area (Å²) in [5, 5.41) is 4.08. The molecular weight excluding hydrogens is 230 g/mol. The lowest BCUT2D eigenvalue weighted by molar-refractivity contribution is 0.358. The first-order valence-electron chi connectivity index (χ1n) is 5.83. The number of hydrogen-bond acceptors (Lipinski definition) is 3. The second-order valence-electron chi connectivity index (χ2n) is 3.88. The lowest BCUT2D eigenvalue weighted by Gasteiger charge is -2.13. The van der Waals surface area contributed by atoms with Crippen LogP contribution in [0.1, 0.15) is 12.5 Å². The SMILES string of the molecule is C=CCOc1ccccc1CNCC(C)SC. The number of ether oxygens (including phenoxy) is 1. The maximum absolute atomic E-state index is 5.61. The summed E-state index contributed by atoms with van der Waals surface area (Å²) < 4.78 is 5.61. The molecule has 0 bridgehead atoms. The molecule has 0 aliphatic rings. The van der Waals surface area contributed by atoms with E-state index in [1.165, 1.54) is 5.56 Å². The maximum Gasteiger partial charge on any atom is 0.124 e. The molecule has 2 nitrogen and oxygen atoms in total. The van der Waals surface area contributed by atoms with Gasteiger partial charge in [0.2, 0.25) is 0 Å². The van der Waals surface area contributed by atoms with Crippen LogP contribution in [0.15, 0.2) is 36.9 Å². The Balaban J connectivity index is 2.48. The zero-order valence-electron chi connectivity index (χ0n) is 10.6. The lowest BCUT2D eigenvalue weighted by Crippen LogP contribution is -2.22. The van der Waals surface area contributed by atoms with Crippen LogP contribution in [-0.4, -0.2) is 24.7 Å². The van der Waals surface area contributed by atoms with Gasteiger partial charge in [0, 0.05) is 23.9 Å². The van der Waals surface area contributed by atoms with E-state index in [1.54, 1.807) is 6.08 Å². The number of thioether (sulfide) groups is 1. The van der Waals surface area contributed by atoms with Crippen LogP contribution in [0.3, 0.4) is 0 Å². The van der Waals surface area contributed by atoms with Crippen LogP contribution in [0, 0.1) is 0 Å². The summed E-state index contributed by atoms with van der Waals surface area (Å²) in [7, 11) is 0. The molecular formula is C14H21NOS. The fourth-order valence-electron chi connectivity index (χ4n) is 1.43. The molecule has 17 heavy (non-hydrogen) atoms. The topological polar surface area (TPSA) is 21.3 Å². The highest BCUT2D eigenvalue weighted by molar-refractivity contribution is 7.99. The Bertz CT molecular complexity index is 341. The van der Waals surface area contributed by atoms with E-state index in [-0.39, 0.29) is 0 Å². The van der Waals surface area contributed by atoms with Crippen LogP contribution in [0.2, 0.25) is 0 Å². The fraction of sp³-hybridized carbons (Fsp3) is 0.429. The van der Waals surface area contributed by atoms with Gasteiger partial charge < -0.3 is 10.1 Å². The molecule has 3 heteroatoms. The smallest absolute Gasteiger partial charge is 0.124 e. The van der Waals surface area contributed by atoms with Crippen molar-refractivity contribution >= 4 is 11.8 Å². The quantitative estimate of drug-likeness (QED) is 0.717. The third-order valence-electron chi connectivity index (χ3n) is 2.48. The average molecular weight is 251 g/mol. The predicted octanol–water partition coefficient (Wildman–Crippen LogP) is 3.09. The average Bonchev–Trinajstić information content (AvgIpc) is 2.37. The van der Waals surface area contributed by atoms with Crippen molar-refractivity contribution < 1.29 is 4.74 Å². The highest BCUT2D eigenvalue weighted by Gasteiger charge is 2.03. The first-order valence-corrected chi connectivity index (χ1v) is 7.11. The number of rotatable bonds is 8. The summed E-state index contributed by atoms with van der Waals surface area (Å²) in [6.45, 7) is 8.29. The number of benzene rings is 1. The van der Waals surface area contributed by atoms with Gasteiger partial charge in [0.25, 0.3) is 0 Å². The highest BCUT2D eigenvalue weighted by atomic mass is 32.2.